The molecule has 0 spiro atoms. The molecule has 3 heterocycles. The highest BCUT2D eigenvalue weighted by molar-refractivity contribution is 6.31. The molecule has 1 unspecified atom stereocenters. The van der Waals surface area contributed by atoms with Crippen LogP contribution in [0.3, 0.4) is 0 Å². The van der Waals surface area contributed by atoms with Crippen molar-refractivity contribution in [3.63, 3.8) is 0 Å². The fraction of sp³-hybridized carbons (Fsp3) is 0.333. The lowest BCUT2D eigenvalue weighted by Crippen LogP contribution is -2.43. The Balaban J connectivity index is 1.52. The molecule has 0 saturated carbocycles. The molecule has 37 heavy (non-hydrogen) atoms. The number of imidazole rings is 1. The summed E-state index contributed by atoms with van der Waals surface area (Å²) in [5.74, 6) is 0.729. The van der Waals surface area contributed by atoms with Crippen LogP contribution in [-0.2, 0) is 17.6 Å². The van der Waals surface area contributed by atoms with Gasteiger partial charge >= 0.3 is 0 Å². The maximum Gasteiger partial charge on any atom is 0.250 e. The van der Waals surface area contributed by atoms with Crippen molar-refractivity contribution in [2.45, 2.75) is 25.8 Å². The van der Waals surface area contributed by atoms with Crippen molar-refractivity contribution in [2.24, 2.45) is 5.73 Å². The predicted molar refractivity (Wildman–Crippen MR) is 147 cm³/mol. The molecule has 194 valence electrons. The second-order valence-corrected chi connectivity index (χ2v) is 9.56. The Morgan fingerprint density at radius 3 is 2.73 bits per heavy atom. The Labute approximate surface area is 221 Å². The number of piperazine rings is 1. The highest BCUT2D eigenvalue weighted by Gasteiger charge is 2.35. The van der Waals surface area contributed by atoms with Gasteiger partial charge in [0.1, 0.15) is 11.6 Å². The molecule has 9 nitrogen and oxygen atoms in total. The van der Waals surface area contributed by atoms with Crippen molar-refractivity contribution >= 4 is 34.6 Å². The maximum atomic E-state index is 12.7. The van der Waals surface area contributed by atoms with Crippen molar-refractivity contribution in [1.29, 1.82) is 0 Å². The van der Waals surface area contributed by atoms with Crippen LogP contribution in [-0.4, -0.2) is 53.8 Å². The minimum absolute atomic E-state index is 0.508. The number of halogens is 1. The highest BCUT2D eigenvalue weighted by atomic mass is 35.5. The molecule has 2 aromatic carbocycles. The molecule has 4 N–H and O–H groups in total. The number of carbonyl (C=O) groups excluding carboxylic acids is 1. The van der Waals surface area contributed by atoms with Crippen LogP contribution in [0, 0.1) is 0 Å². The number of nitrogens with one attached hydrogen (secondary N) is 2. The van der Waals surface area contributed by atoms with E-state index in [1.54, 1.807) is 12.1 Å². The van der Waals surface area contributed by atoms with E-state index >= 15 is 0 Å². The molecule has 1 atom stereocenters. The molecule has 2 aliphatic rings. The molecule has 1 saturated heterocycles. The number of carbonyl (C=O) groups is 1. The second kappa shape index (κ2) is 10.7. The first kappa shape index (κ1) is 25.0. The minimum atomic E-state index is -0.812. The SMILES string of the molecule is CCc1cn2c(n1)C(C(N)=O)N(Nc1ccc(N3CCNCC3)cc1OC)C=C2Cc1ccccc1Cl. The number of nitrogens with two attached hydrogens (primary N) is 1. The average molecular weight is 522 g/mol. The summed E-state index contributed by atoms with van der Waals surface area (Å²) in [5, 5.41) is 5.78. The molecule has 1 amide bonds. The fourth-order valence-electron chi connectivity index (χ4n) is 4.82. The first-order chi connectivity index (χ1) is 18.0. The quantitative estimate of drug-likeness (QED) is 0.417. The van der Waals surface area contributed by atoms with Crippen LogP contribution in [0.25, 0.3) is 5.70 Å². The van der Waals surface area contributed by atoms with Gasteiger partial charge in [0.25, 0.3) is 0 Å². The normalized spacial score (nSPS) is 17.3. The summed E-state index contributed by atoms with van der Waals surface area (Å²) in [6.07, 6.45) is 5.15. The zero-order valence-electron chi connectivity index (χ0n) is 21.1. The molecule has 0 bridgehead atoms. The van der Waals surface area contributed by atoms with Crippen LogP contribution in [0.2, 0.25) is 5.02 Å². The Bertz CT molecular complexity index is 1320. The van der Waals surface area contributed by atoms with E-state index in [0.29, 0.717) is 23.0 Å². The van der Waals surface area contributed by atoms with E-state index in [9.17, 15) is 4.79 Å². The van der Waals surface area contributed by atoms with E-state index in [4.69, 9.17) is 27.1 Å². The number of methoxy groups -OCH3 is 1. The average Bonchev–Trinajstić information content (AvgIpc) is 3.35. The third-order valence-electron chi connectivity index (χ3n) is 6.78. The third kappa shape index (κ3) is 5.10. The largest absolute Gasteiger partial charge is 0.494 e. The van der Waals surface area contributed by atoms with Gasteiger partial charge in [-0.2, -0.15) is 0 Å². The molecule has 1 aromatic heterocycles. The van der Waals surface area contributed by atoms with Crippen LogP contribution in [0.4, 0.5) is 11.4 Å². The zero-order valence-corrected chi connectivity index (χ0v) is 21.8. The Morgan fingerprint density at radius 1 is 1.24 bits per heavy atom. The minimum Gasteiger partial charge on any atom is -0.494 e. The number of ether oxygens (including phenoxy) is 1. The zero-order chi connectivity index (χ0) is 25.9. The number of anilines is 2. The summed E-state index contributed by atoms with van der Waals surface area (Å²) in [6.45, 7) is 5.79. The molecular weight excluding hydrogens is 490 g/mol. The number of primary amides is 1. The van der Waals surface area contributed by atoms with Crippen molar-refractivity contribution in [3.8, 4) is 5.75 Å². The summed E-state index contributed by atoms with van der Waals surface area (Å²) in [4.78, 5) is 19.8. The predicted octanol–water partition coefficient (Wildman–Crippen LogP) is 3.43. The lowest BCUT2D eigenvalue weighted by molar-refractivity contribution is -0.122. The smallest absolute Gasteiger partial charge is 0.250 e. The summed E-state index contributed by atoms with van der Waals surface area (Å²) in [5.41, 5.74) is 13.9. The van der Waals surface area contributed by atoms with E-state index < -0.39 is 11.9 Å². The third-order valence-corrected chi connectivity index (χ3v) is 7.15. The van der Waals surface area contributed by atoms with E-state index in [-0.39, 0.29) is 0 Å². The Hall–Kier alpha value is -3.69. The van der Waals surface area contributed by atoms with Gasteiger partial charge in [0.05, 0.1) is 18.5 Å². The molecule has 3 aromatic rings. The van der Waals surface area contributed by atoms with Gasteiger partial charge in [-0.1, -0.05) is 36.7 Å². The van der Waals surface area contributed by atoms with Gasteiger partial charge in [0.15, 0.2) is 6.04 Å². The van der Waals surface area contributed by atoms with Crippen LogP contribution in [0.1, 0.15) is 30.0 Å². The first-order valence-corrected chi connectivity index (χ1v) is 12.9. The van der Waals surface area contributed by atoms with Crippen LogP contribution in [0.5, 0.6) is 5.75 Å². The number of nitrogens with zero attached hydrogens (tertiary/aromatic N) is 4. The molecule has 10 heteroatoms. The number of amides is 1. The highest BCUT2D eigenvalue weighted by Crippen LogP contribution is 2.36. The van der Waals surface area contributed by atoms with E-state index in [1.165, 1.54) is 0 Å². The number of hydrogen-bond donors (Lipinski definition) is 3. The number of allylic oxidation sites excluding steroid dienone is 1. The number of rotatable bonds is 8. The van der Waals surface area contributed by atoms with Crippen molar-refractivity contribution < 1.29 is 9.53 Å². The molecule has 5 rings (SSSR count). The van der Waals surface area contributed by atoms with Crippen molar-refractivity contribution in [1.82, 2.24) is 19.9 Å². The summed E-state index contributed by atoms with van der Waals surface area (Å²) in [6, 6.07) is 13.0. The number of hydrogen-bond acceptors (Lipinski definition) is 7. The van der Waals surface area contributed by atoms with Crippen LogP contribution < -0.4 is 26.1 Å². The van der Waals surface area contributed by atoms with Gasteiger partial charge in [0.2, 0.25) is 5.91 Å². The monoisotopic (exact) mass is 521 g/mol. The fourth-order valence-corrected chi connectivity index (χ4v) is 5.02. The maximum absolute atomic E-state index is 12.7. The molecule has 2 aliphatic heterocycles. The van der Waals surface area contributed by atoms with Gasteiger partial charge in [0, 0.05) is 67.5 Å². The number of hydrazine groups is 1. The number of fused-ring (bicyclic) bond motifs is 1. The first-order valence-electron chi connectivity index (χ1n) is 12.5. The topological polar surface area (TPSA) is 101 Å². The van der Waals surface area contributed by atoms with E-state index in [1.807, 2.05) is 60.3 Å². The summed E-state index contributed by atoms with van der Waals surface area (Å²) in [7, 11) is 1.64. The summed E-state index contributed by atoms with van der Waals surface area (Å²) < 4.78 is 7.70. The Kier molecular flexibility index (Phi) is 7.25. The van der Waals surface area contributed by atoms with Gasteiger partial charge in [-0.15, -0.1) is 0 Å². The van der Waals surface area contributed by atoms with Gasteiger partial charge in [-0.05, 0) is 30.2 Å². The van der Waals surface area contributed by atoms with Crippen molar-refractivity contribution in [3.05, 3.63) is 77.0 Å². The lowest BCUT2D eigenvalue weighted by atomic mass is 10.1. The standard InChI is InChI=1S/C27H32ClN7O2/c1-3-19-16-34-21(14-18-6-4-5-7-22(18)28)17-35(25(26(29)36)27(34)31-19)32-23-9-8-20(15-24(23)37-2)33-12-10-30-11-13-33/h4-9,15-17,25,30,32H,3,10-14H2,1-2H3,(H2,29,36). The van der Waals surface area contributed by atoms with Crippen LogP contribution >= 0.6 is 11.6 Å². The summed E-state index contributed by atoms with van der Waals surface area (Å²) >= 11 is 6.49. The van der Waals surface area contributed by atoms with Gasteiger partial charge in [-0.25, -0.2) is 4.98 Å². The van der Waals surface area contributed by atoms with E-state index in [0.717, 1.165) is 60.9 Å². The van der Waals surface area contributed by atoms with Gasteiger partial charge in [-0.3, -0.25) is 15.2 Å². The lowest BCUT2D eigenvalue weighted by Gasteiger charge is -2.35. The van der Waals surface area contributed by atoms with Crippen LogP contribution in [0.15, 0.2) is 54.9 Å². The van der Waals surface area contributed by atoms with E-state index in [2.05, 4.69) is 21.7 Å². The number of benzene rings is 2. The number of aryl methyl sites for hydroxylation is 1. The molecular formula is C27H32ClN7O2. The molecule has 0 aliphatic carbocycles. The molecule has 1 fully saturated rings. The van der Waals surface area contributed by atoms with Gasteiger partial charge < -0.3 is 25.3 Å². The number of aromatic nitrogens is 2. The molecule has 0 radical (unpaired) electrons. The Morgan fingerprint density at radius 2 is 2.03 bits per heavy atom. The second-order valence-electron chi connectivity index (χ2n) is 9.15. The van der Waals surface area contributed by atoms with Crippen molar-refractivity contribution in [2.75, 3.05) is 43.6 Å².